The highest BCUT2D eigenvalue weighted by atomic mass is 32.2. The first-order chi connectivity index (χ1) is 14.3. The van der Waals surface area contributed by atoms with Crippen molar-refractivity contribution in [3.8, 4) is 11.5 Å². The molecule has 8 nitrogen and oxygen atoms in total. The summed E-state index contributed by atoms with van der Waals surface area (Å²) >= 11 is 5.37. The number of aromatic nitrogens is 2. The number of sulfonamides is 1. The molecule has 1 aromatic carbocycles. The summed E-state index contributed by atoms with van der Waals surface area (Å²) < 4.78 is 40.8. The fourth-order valence-corrected chi connectivity index (χ4v) is 6.04. The number of benzene rings is 1. The van der Waals surface area contributed by atoms with Crippen LogP contribution in [0, 0.1) is 4.84 Å². The van der Waals surface area contributed by atoms with E-state index < -0.39 is 10.0 Å². The zero-order chi connectivity index (χ0) is 21.3. The molecule has 1 aromatic heterocycles. The van der Waals surface area contributed by atoms with E-state index in [0.717, 1.165) is 32.4 Å². The number of morpholine rings is 1. The van der Waals surface area contributed by atoms with E-state index >= 15 is 0 Å². The van der Waals surface area contributed by atoms with Crippen molar-refractivity contribution in [1.82, 2.24) is 14.1 Å². The molecule has 4 rings (SSSR count). The number of nitrogens with one attached hydrogen (secondary N) is 1. The van der Waals surface area contributed by atoms with Crippen LogP contribution >= 0.6 is 12.2 Å². The van der Waals surface area contributed by atoms with Gasteiger partial charge in [0, 0.05) is 18.7 Å². The molecule has 2 saturated heterocycles. The van der Waals surface area contributed by atoms with Crippen LogP contribution in [0.1, 0.15) is 33.1 Å². The molecule has 2 aromatic rings. The first kappa shape index (κ1) is 21.6. The van der Waals surface area contributed by atoms with Gasteiger partial charge in [0.05, 0.1) is 4.90 Å². The van der Waals surface area contributed by atoms with Crippen LogP contribution in [-0.2, 0) is 21.4 Å². The highest BCUT2D eigenvalue weighted by Gasteiger charge is 2.28. The van der Waals surface area contributed by atoms with Gasteiger partial charge < -0.3 is 14.1 Å². The molecule has 0 aliphatic carbocycles. The van der Waals surface area contributed by atoms with Crippen LogP contribution in [0.3, 0.4) is 0 Å². The lowest BCUT2D eigenvalue weighted by Crippen LogP contribution is -3.14. The Labute approximate surface area is 182 Å². The van der Waals surface area contributed by atoms with E-state index in [2.05, 4.69) is 18.9 Å². The molecule has 3 heterocycles. The lowest BCUT2D eigenvalue weighted by Gasteiger charge is -2.31. The molecule has 164 valence electrons. The van der Waals surface area contributed by atoms with Gasteiger partial charge in [-0.15, -0.1) is 5.10 Å². The van der Waals surface area contributed by atoms with Gasteiger partial charge >= 0.3 is 0 Å². The minimum Gasteiger partial charge on any atom is -0.409 e. The summed E-state index contributed by atoms with van der Waals surface area (Å²) in [7, 11) is -3.52. The van der Waals surface area contributed by atoms with E-state index in [1.807, 2.05) is 0 Å². The zero-order valence-electron chi connectivity index (χ0n) is 17.4. The number of rotatable bonds is 5. The lowest BCUT2D eigenvalue weighted by molar-refractivity contribution is -0.937. The van der Waals surface area contributed by atoms with Crippen LogP contribution in [0.4, 0.5) is 0 Å². The van der Waals surface area contributed by atoms with E-state index in [1.165, 1.54) is 4.90 Å². The van der Waals surface area contributed by atoms with Gasteiger partial charge in [-0.2, -0.15) is 8.99 Å². The molecule has 0 saturated carbocycles. The summed E-state index contributed by atoms with van der Waals surface area (Å²) in [5, 5.41) is 4.54. The Kier molecular flexibility index (Phi) is 6.40. The average molecular weight is 454 g/mol. The maximum Gasteiger partial charge on any atom is 0.292 e. The third-order valence-corrected chi connectivity index (χ3v) is 7.82. The average Bonchev–Trinajstić information content (AvgIpc) is 3.08. The number of ether oxygens (including phenoxy) is 1. The third kappa shape index (κ3) is 4.67. The Morgan fingerprint density at radius 2 is 1.87 bits per heavy atom. The largest absolute Gasteiger partial charge is 0.409 e. The zero-order valence-corrected chi connectivity index (χ0v) is 19.0. The molecular weight excluding hydrogens is 424 g/mol. The quantitative estimate of drug-likeness (QED) is 0.694. The molecule has 2 aliphatic rings. The van der Waals surface area contributed by atoms with Crippen molar-refractivity contribution in [2.45, 2.75) is 56.9 Å². The molecule has 1 unspecified atom stereocenters. The van der Waals surface area contributed by atoms with Crippen molar-refractivity contribution in [2.24, 2.45) is 0 Å². The maximum absolute atomic E-state index is 13.0. The van der Waals surface area contributed by atoms with E-state index in [0.29, 0.717) is 31.2 Å². The fourth-order valence-electron chi connectivity index (χ4n) is 4.30. The first-order valence-corrected chi connectivity index (χ1v) is 12.4. The molecule has 2 fully saturated rings. The predicted molar refractivity (Wildman–Crippen MR) is 114 cm³/mol. The number of piperidine rings is 1. The molecule has 30 heavy (non-hydrogen) atoms. The summed E-state index contributed by atoms with van der Waals surface area (Å²) in [6, 6.07) is 6.77. The fraction of sp³-hybridized carbons (Fsp3) is 0.600. The molecule has 0 spiro atoms. The number of hydrogen-bond donors (Lipinski definition) is 1. The minimum absolute atomic E-state index is 0.181. The number of quaternary nitrogens is 1. The summed E-state index contributed by atoms with van der Waals surface area (Å²) in [5.74, 6) is 0.337. The second-order valence-electron chi connectivity index (χ2n) is 8.24. The smallest absolute Gasteiger partial charge is 0.292 e. The minimum atomic E-state index is -3.52. The van der Waals surface area contributed by atoms with Gasteiger partial charge in [-0.3, -0.25) is 0 Å². The Balaban J connectivity index is 1.56. The van der Waals surface area contributed by atoms with Crippen LogP contribution in [0.2, 0.25) is 0 Å². The van der Waals surface area contributed by atoms with Crippen molar-refractivity contribution in [1.29, 1.82) is 0 Å². The van der Waals surface area contributed by atoms with Crippen molar-refractivity contribution >= 4 is 22.2 Å². The van der Waals surface area contributed by atoms with E-state index in [9.17, 15) is 8.42 Å². The van der Waals surface area contributed by atoms with E-state index in [-0.39, 0.29) is 21.9 Å². The Morgan fingerprint density at radius 1 is 1.17 bits per heavy atom. The van der Waals surface area contributed by atoms with Gasteiger partial charge in [-0.25, -0.2) is 8.42 Å². The monoisotopic (exact) mass is 453 g/mol. The number of hydrogen-bond acceptors (Lipinski definition) is 6. The molecular formula is C20H29N4O4S2+. The predicted octanol–water partition coefficient (Wildman–Crippen LogP) is 1.70. The van der Waals surface area contributed by atoms with Crippen molar-refractivity contribution in [3.05, 3.63) is 29.1 Å². The summed E-state index contributed by atoms with van der Waals surface area (Å²) in [6.45, 7) is 7.61. The topological polar surface area (TPSA) is 82.0 Å². The van der Waals surface area contributed by atoms with E-state index in [4.69, 9.17) is 21.4 Å². The van der Waals surface area contributed by atoms with E-state index in [1.54, 1.807) is 33.3 Å². The van der Waals surface area contributed by atoms with Crippen LogP contribution in [-0.4, -0.2) is 60.9 Å². The van der Waals surface area contributed by atoms with Crippen LogP contribution < -0.4 is 4.90 Å². The third-order valence-electron chi connectivity index (χ3n) is 5.63. The summed E-state index contributed by atoms with van der Waals surface area (Å²) in [5.41, 5.74) is 0.608. The Bertz CT molecular complexity index is 1030. The summed E-state index contributed by atoms with van der Waals surface area (Å²) in [6.07, 6.45) is 3.24. The Hall–Kier alpha value is -1.59. The molecule has 0 bridgehead atoms. The first-order valence-electron chi connectivity index (χ1n) is 10.5. The van der Waals surface area contributed by atoms with Crippen LogP contribution in [0.25, 0.3) is 11.5 Å². The molecule has 1 N–H and O–H groups in total. The van der Waals surface area contributed by atoms with Crippen LogP contribution in [0.5, 0.6) is 0 Å². The molecule has 0 amide bonds. The van der Waals surface area contributed by atoms with Gasteiger partial charge in [0.2, 0.25) is 15.9 Å². The molecule has 0 radical (unpaired) electrons. The summed E-state index contributed by atoms with van der Waals surface area (Å²) in [4.78, 5) is 1.87. The van der Waals surface area contributed by atoms with Gasteiger partial charge in [0.1, 0.15) is 25.3 Å². The normalized spacial score (nSPS) is 26.0. The Morgan fingerprint density at radius 3 is 2.57 bits per heavy atom. The van der Waals surface area contributed by atoms with Crippen LogP contribution in [0.15, 0.2) is 33.6 Å². The highest BCUT2D eigenvalue weighted by molar-refractivity contribution is 7.89. The van der Waals surface area contributed by atoms with Gasteiger partial charge in [0.25, 0.3) is 4.84 Å². The standard InChI is InChI=1S/C20H28N4O4S2/c1-15-12-22(13-16(2)27-15)14-24-20(29)28-19(21-24)17-7-6-8-18(11-17)30(25,26)23-9-4-3-5-10-23/h6-8,11,15-16H,3-5,9-10,12-14H2,1-2H3/p+1/t15-,16+. The van der Waals surface area contributed by atoms with Crippen molar-refractivity contribution in [2.75, 3.05) is 26.2 Å². The second kappa shape index (κ2) is 8.88. The maximum atomic E-state index is 13.0. The van der Waals surface area contributed by atoms with Crippen molar-refractivity contribution < 1.29 is 22.5 Å². The molecule has 10 heteroatoms. The molecule has 3 atom stereocenters. The number of nitrogens with zero attached hydrogens (tertiary/aromatic N) is 3. The lowest BCUT2D eigenvalue weighted by atomic mass is 10.2. The SMILES string of the molecule is C[C@@H]1C[NH+](Cn2nc(-c3cccc(S(=O)(=O)N4CCCCC4)c3)oc2=S)C[C@H](C)O1. The second-order valence-corrected chi connectivity index (χ2v) is 10.5. The van der Waals surface area contributed by atoms with Gasteiger partial charge in [-0.1, -0.05) is 12.5 Å². The highest BCUT2D eigenvalue weighted by Crippen LogP contribution is 2.25. The van der Waals surface area contributed by atoms with Crippen molar-refractivity contribution in [3.63, 3.8) is 0 Å². The van der Waals surface area contributed by atoms with Gasteiger partial charge in [-0.05, 0) is 57.1 Å². The van der Waals surface area contributed by atoms with Gasteiger partial charge in [0.15, 0.2) is 6.67 Å². The molecule has 2 aliphatic heterocycles.